The van der Waals surface area contributed by atoms with Gasteiger partial charge in [-0.3, -0.25) is 0 Å². The van der Waals surface area contributed by atoms with Crippen molar-refractivity contribution in [2.75, 3.05) is 0 Å². The highest BCUT2D eigenvalue weighted by Crippen LogP contribution is 2.29. The molecule has 1 unspecified atom stereocenters. The Balaban J connectivity index is 2.13. The van der Waals surface area contributed by atoms with E-state index in [0.717, 1.165) is 5.56 Å². The van der Waals surface area contributed by atoms with Gasteiger partial charge in [0, 0.05) is 11.8 Å². The molecule has 78 valence electrons. The Labute approximate surface area is 95.3 Å². The summed E-state index contributed by atoms with van der Waals surface area (Å²) in [5.74, 6) is 0. The van der Waals surface area contributed by atoms with E-state index in [4.69, 9.17) is 0 Å². The van der Waals surface area contributed by atoms with Crippen LogP contribution in [0.5, 0.6) is 0 Å². The fourth-order valence-corrected chi connectivity index (χ4v) is 2.78. The second kappa shape index (κ2) is 3.64. The summed E-state index contributed by atoms with van der Waals surface area (Å²) in [6.07, 6.45) is 1.64. The summed E-state index contributed by atoms with van der Waals surface area (Å²) in [5.41, 5.74) is 1.60. The van der Waals surface area contributed by atoms with E-state index in [9.17, 15) is 4.21 Å². The zero-order valence-electron chi connectivity index (χ0n) is 8.33. The van der Waals surface area contributed by atoms with Gasteiger partial charge in [0.1, 0.15) is 15.8 Å². The summed E-state index contributed by atoms with van der Waals surface area (Å²) >= 11 is 0. The molecule has 1 aliphatic heterocycles. The monoisotopic (exact) mass is 228 g/mol. The van der Waals surface area contributed by atoms with Gasteiger partial charge < -0.3 is 0 Å². The van der Waals surface area contributed by atoms with Crippen molar-refractivity contribution in [3.63, 3.8) is 0 Å². The summed E-state index contributed by atoms with van der Waals surface area (Å²) in [6.45, 7) is 0. The van der Waals surface area contributed by atoms with Crippen LogP contribution in [-0.2, 0) is 10.8 Å². The third-order valence-corrected chi connectivity index (χ3v) is 3.69. The number of aromatic nitrogens is 1. The molecular weight excluding hydrogens is 220 g/mol. The lowest BCUT2D eigenvalue weighted by Crippen LogP contribution is -2.05. The lowest BCUT2D eigenvalue weighted by Gasteiger charge is -1.97. The fourth-order valence-electron chi connectivity index (χ4n) is 1.61. The topological polar surface area (TPSA) is 42.3 Å². The molecule has 1 aromatic carbocycles. The molecule has 0 fully saturated rings. The second-order valence-corrected chi connectivity index (χ2v) is 4.69. The van der Waals surface area contributed by atoms with Crippen molar-refractivity contribution in [3.05, 3.63) is 54.2 Å². The van der Waals surface area contributed by atoms with E-state index in [2.05, 4.69) is 9.98 Å². The third-order valence-electron chi connectivity index (χ3n) is 2.35. The number of nitrogens with zero attached hydrogens (tertiary/aromatic N) is 2. The van der Waals surface area contributed by atoms with Crippen LogP contribution in [0.15, 0.2) is 58.7 Å². The molecule has 0 saturated carbocycles. The zero-order valence-corrected chi connectivity index (χ0v) is 9.15. The number of pyridine rings is 1. The molecule has 3 nitrogen and oxygen atoms in total. The van der Waals surface area contributed by atoms with Crippen LogP contribution in [0.4, 0.5) is 5.69 Å². The van der Waals surface area contributed by atoms with E-state index in [1.165, 1.54) is 0 Å². The van der Waals surface area contributed by atoms with Gasteiger partial charge in [-0.15, -0.1) is 0 Å². The first-order valence-electron chi connectivity index (χ1n) is 4.87. The van der Waals surface area contributed by atoms with Crippen LogP contribution in [0.1, 0.15) is 5.56 Å². The van der Waals surface area contributed by atoms with E-state index in [-0.39, 0.29) is 0 Å². The molecule has 0 saturated heterocycles. The Morgan fingerprint density at radius 2 is 1.81 bits per heavy atom. The molecule has 1 aromatic heterocycles. The molecule has 16 heavy (non-hydrogen) atoms. The lowest BCUT2D eigenvalue weighted by atomic mass is 10.2. The number of benzene rings is 1. The minimum Gasteiger partial charge on any atom is -0.246 e. The van der Waals surface area contributed by atoms with Crippen LogP contribution < -0.4 is 0 Å². The summed E-state index contributed by atoms with van der Waals surface area (Å²) < 4.78 is 12.1. The highest BCUT2D eigenvalue weighted by molar-refractivity contribution is 8.01. The molecule has 1 atom stereocenters. The first kappa shape index (κ1) is 9.42. The number of hydrogen-bond acceptors (Lipinski definition) is 3. The van der Waals surface area contributed by atoms with Crippen LogP contribution in [0.2, 0.25) is 0 Å². The average molecular weight is 228 g/mol. The average Bonchev–Trinajstić information content (AvgIpc) is 2.69. The standard InChI is InChI=1S/C12H8N2OS/c15-16-11(9-5-2-1-3-6-9)14-10-7-4-8-13-12(10)16/h1-8H. The Morgan fingerprint density at radius 3 is 2.56 bits per heavy atom. The van der Waals surface area contributed by atoms with Gasteiger partial charge >= 0.3 is 0 Å². The maximum absolute atomic E-state index is 12.1. The highest BCUT2D eigenvalue weighted by Gasteiger charge is 2.25. The van der Waals surface area contributed by atoms with Gasteiger partial charge in [0.05, 0.1) is 5.69 Å². The number of fused-ring (bicyclic) bond motifs is 1. The van der Waals surface area contributed by atoms with E-state index in [1.807, 2.05) is 36.4 Å². The molecule has 1 aliphatic rings. The number of hydrogen-bond donors (Lipinski definition) is 0. The zero-order chi connectivity index (χ0) is 11.0. The quantitative estimate of drug-likeness (QED) is 0.751. The molecule has 4 heteroatoms. The molecule has 0 bridgehead atoms. The molecule has 0 spiro atoms. The fraction of sp³-hybridized carbons (Fsp3) is 0. The summed E-state index contributed by atoms with van der Waals surface area (Å²) in [4.78, 5) is 8.46. The predicted octanol–water partition coefficient (Wildman–Crippen LogP) is 2.28. The Hall–Kier alpha value is -1.81. The largest absolute Gasteiger partial charge is 0.246 e. The van der Waals surface area contributed by atoms with Crippen molar-refractivity contribution < 1.29 is 4.21 Å². The first-order valence-corrected chi connectivity index (χ1v) is 6.02. The van der Waals surface area contributed by atoms with Gasteiger partial charge in [0.15, 0.2) is 5.03 Å². The minimum absolute atomic E-state index is 0.557. The van der Waals surface area contributed by atoms with Gasteiger partial charge in [0.25, 0.3) is 0 Å². The molecule has 3 rings (SSSR count). The number of aliphatic imine (C=N–C) groups is 1. The van der Waals surface area contributed by atoms with Crippen molar-refractivity contribution in [2.45, 2.75) is 5.03 Å². The van der Waals surface area contributed by atoms with Crippen molar-refractivity contribution >= 4 is 21.5 Å². The first-order chi connectivity index (χ1) is 7.86. The third kappa shape index (κ3) is 1.39. The molecule has 0 N–H and O–H groups in total. The Bertz CT molecular complexity index is 593. The minimum atomic E-state index is -1.25. The van der Waals surface area contributed by atoms with Crippen LogP contribution in [0.25, 0.3) is 0 Å². The van der Waals surface area contributed by atoms with Gasteiger partial charge in [0.2, 0.25) is 0 Å². The normalized spacial score (nSPS) is 18.0. The molecule has 0 aliphatic carbocycles. The van der Waals surface area contributed by atoms with E-state index < -0.39 is 10.8 Å². The summed E-state index contributed by atoms with van der Waals surface area (Å²) in [6, 6.07) is 13.2. The van der Waals surface area contributed by atoms with Crippen LogP contribution >= 0.6 is 0 Å². The summed E-state index contributed by atoms with van der Waals surface area (Å²) in [5, 5.41) is 1.15. The molecule has 2 aromatic rings. The van der Waals surface area contributed by atoms with Gasteiger partial charge in [-0.2, -0.15) is 0 Å². The maximum atomic E-state index is 12.1. The molecular formula is C12H8N2OS. The van der Waals surface area contributed by atoms with Gasteiger partial charge in [-0.05, 0) is 12.1 Å². The SMILES string of the molecule is O=S1C(c2ccccc2)=Nc2cccnc21. The summed E-state index contributed by atoms with van der Waals surface area (Å²) in [7, 11) is -1.25. The number of rotatable bonds is 1. The molecule has 0 amide bonds. The highest BCUT2D eigenvalue weighted by atomic mass is 32.2. The van der Waals surface area contributed by atoms with Gasteiger partial charge in [-0.1, -0.05) is 30.3 Å². The predicted molar refractivity (Wildman–Crippen MR) is 63.3 cm³/mol. The van der Waals surface area contributed by atoms with Crippen LogP contribution in [0, 0.1) is 0 Å². The van der Waals surface area contributed by atoms with Crippen molar-refractivity contribution in [1.82, 2.24) is 4.98 Å². The lowest BCUT2D eigenvalue weighted by molar-refractivity contribution is 0.688. The van der Waals surface area contributed by atoms with E-state index in [1.54, 1.807) is 12.3 Å². The Kier molecular flexibility index (Phi) is 2.15. The second-order valence-electron chi connectivity index (χ2n) is 3.38. The molecule has 0 radical (unpaired) electrons. The Morgan fingerprint density at radius 1 is 1.00 bits per heavy atom. The maximum Gasteiger partial charge on any atom is 0.159 e. The van der Waals surface area contributed by atoms with Crippen molar-refractivity contribution in [3.8, 4) is 0 Å². The van der Waals surface area contributed by atoms with Crippen LogP contribution in [0.3, 0.4) is 0 Å². The molecule has 2 heterocycles. The van der Waals surface area contributed by atoms with Crippen LogP contribution in [-0.4, -0.2) is 14.2 Å². The van der Waals surface area contributed by atoms with Gasteiger partial charge in [-0.25, -0.2) is 14.2 Å². The van der Waals surface area contributed by atoms with Crippen molar-refractivity contribution in [1.29, 1.82) is 0 Å². The smallest absolute Gasteiger partial charge is 0.159 e. The van der Waals surface area contributed by atoms with E-state index in [0.29, 0.717) is 15.8 Å². The van der Waals surface area contributed by atoms with E-state index >= 15 is 0 Å². The van der Waals surface area contributed by atoms with Crippen molar-refractivity contribution in [2.24, 2.45) is 4.99 Å².